The Balaban J connectivity index is 0.000000153. The van der Waals surface area contributed by atoms with Crippen LogP contribution < -0.4 is 0 Å². The Labute approximate surface area is 122 Å². The standard InChI is InChI=1S/C5H10O3S.C4H8O.C4H8S/c1-9(6,7)8-5-3-2-4-5;2*5-4-2-1-3-4/h5H,2-4H2,1H3;2*4-5H,1-3H2. The summed E-state index contributed by atoms with van der Waals surface area (Å²) in [4.78, 5) is 0. The topological polar surface area (TPSA) is 63.6 Å². The van der Waals surface area contributed by atoms with Crippen LogP contribution in [0.1, 0.15) is 57.8 Å². The molecular weight excluding hydrogens is 284 g/mol. The predicted molar refractivity (Wildman–Crippen MR) is 80.1 cm³/mol. The number of hydrogen-bond acceptors (Lipinski definition) is 5. The highest BCUT2D eigenvalue weighted by molar-refractivity contribution is 7.86. The summed E-state index contributed by atoms with van der Waals surface area (Å²) in [5.74, 6) is 0. The van der Waals surface area contributed by atoms with Crippen molar-refractivity contribution in [3.63, 3.8) is 0 Å². The van der Waals surface area contributed by atoms with Crippen LogP contribution in [0.25, 0.3) is 0 Å². The summed E-state index contributed by atoms with van der Waals surface area (Å²) in [5.41, 5.74) is 0. The van der Waals surface area contributed by atoms with Crippen molar-refractivity contribution in [2.75, 3.05) is 6.26 Å². The van der Waals surface area contributed by atoms with E-state index >= 15 is 0 Å². The molecule has 0 aliphatic heterocycles. The van der Waals surface area contributed by atoms with Crippen LogP contribution >= 0.6 is 12.6 Å². The van der Waals surface area contributed by atoms with Crippen LogP contribution in [-0.4, -0.2) is 37.2 Å². The first-order valence-electron chi connectivity index (χ1n) is 7.11. The number of hydrogen-bond donors (Lipinski definition) is 2. The van der Waals surface area contributed by atoms with Crippen LogP contribution in [0.15, 0.2) is 0 Å². The molecule has 0 heterocycles. The van der Waals surface area contributed by atoms with Gasteiger partial charge in [-0.2, -0.15) is 21.0 Å². The van der Waals surface area contributed by atoms with Crippen LogP contribution in [0.2, 0.25) is 0 Å². The first-order chi connectivity index (χ1) is 8.87. The Kier molecular flexibility index (Phi) is 7.72. The molecule has 0 aromatic heterocycles. The van der Waals surface area contributed by atoms with Crippen molar-refractivity contribution in [2.45, 2.75) is 75.2 Å². The van der Waals surface area contributed by atoms with E-state index in [4.69, 9.17) is 5.11 Å². The van der Waals surface area contributed by atoms with Gasteiger partial charge in [0.05, 0.1) is 18.5 Å². The summed E-state index contributed by atoms with van der Waals surface area (Å²) in [5, 5.41) is 9.21. The van der Waals surface area contributed by atoms with E-state index in [-0.39, 0.29) is 12.2 Å². The van der Waals surface area contributed by atoms with Crippen molar-refractivity contribution in [3.8, 4) is 0 Å². The third kappa shape index (κ3) is 8.89. The van der Waals surface area contributed by atoms with E-state index < -0.39 is 10.1 Å². The second-order valence-corrected chi connectivity index (χ2v) is 7.85. The smallest absolute Gasteiger partial charge is 0.264 e. The molecule has 0 radical (unpaired) electrons. The summed E-state index contributed by atoms with van der Waals surface area (Å²) in [6.07, 6.45) is 11.5. The zero-order valence-electron chi connectivity index (χ0n) is 11.6. The maximum absolute atomic E-state index is 10.4. The fourth-order valence-corrected chi connectivity index (χ4v) is 2.54. The van der Waals surface area contributed by atoms with E-state index in [0.717, 1.165) is 43.6 Å². The van der Waals surface area contributed by atoms with E-state index in [1.165, 1.54) is 25.7 Å². The summed E-state index contributed by atoms with van der Waals surface area (Å²) in [6, 6.07) is 0. The van der Waals surface area contributed by atoms with Crippen molar-refractivity contribution < 1.29 is 17.7 Å². The third-order valence-corrected chi connectivity index (χ3v) is 4.65. The van der Waals surface area contributed by atoms with Gasteiger partial charge in [0.2, 0.25) is 0 Å². The molecule has 0 atom stereocenters. The molecule has 3 saturated carbocycles. The van der Waals surface area contributed by atoms with Gasteiger partial charge in [-0.15, -0.1) is 0 Å². The highest BCUT2D eigenvalue weighted by atomic mass is 32.2. The molecule has 3 fully saturated rings. The average Bonchev–Trinajstić information content (AvgIpc) is 2.19. The molecule has 0 amide bonds. The number of aliphatic hydroxyl groups excluding tert-OH is 1. The summed E-state index contributed by atoms with van der Waals surface area (Å²) < 4.78 is 25.5. The van der Waals surface area contributed by atoms with E-state index in [2.05, 4.69) is 16.8 Å². The molecule has 6 heteroatoms. The summed E-state index contributed by atoms with van der Waals surface area (Å²) >= 11 is 4.18. The van der Waals surface area contributed by atoms with Crippen molar-refractivity contribution in [3.05, 3.63) is 0 Å². The molecule has 0 spiro atoms. The largest absolute Gasteiger partial charge is 0.393 e. The summed E-state index contributed by atoms with van der Waals surface area (Å²) in [6.45, 7) is 0. The Hall–Kier alpha value is 0.220. The number of thiol groups is 1. The van der Waals surface area contributed by atoms with Gasteiger partial charge in [-0.25, -0.2) is 0 Å². The van der Waals surface area contributed by atoms with E-state index in [0.29, 0.717) is 0 Å². The van der Waals surface area contributed by atoms with E-state index in [9.17, 15) is 8.42 Å². The number of rotatable bonds is 2. The minimum absolute atomic E-state index is 0.0139. The zero-order valence-corrected chi connectivity index (χ0v) is 13.3. The Morgan fingerprint density at radius 3 is 1.42 bits per heavy atom. The Morgan fingerprint density at radius 2 is 1.37 bits per heavy atom. The monoisotopic (exact) mass is 310 g/mol. The molecule has 3 aliphatic carbocycles. The first kappa shape index (κ1) is 17.3. The van der Waals surface area contributed by atoms with E-state index in [1.807, 2.05) is 0 Å². The molecule has 3 aliphatic rings. The van der Waals surface area contributed by atoms with Gasteiger partial charge >= 0.3 is 0 Å². The summed E-state index contributed by atoms with van der Waals surface area (Å²) in [7, 11) is -3.18. The van der Waals surface area contributed by atoms with Gasteiger partial charge in [0.1, 0.15) is 0 Å². The third-order valence-electron chi connectivity index (χ3n) is 3.51. The highest BCUT2D eigenvalue weighted by Crippen LogP contribution is 2.23. The van der Waals surface area contributed by atoms with Crippen molar-refractivity contribution in [2.24, 2.45) is 0 Å². The number of aliphatic hydroxyl groups is 1. The normalized spacial score (nSPS) is 23.7. The second kappa shape index (κ2) is 8.49. The Morgan fingerprint density at radius 1 is 1.00 bits per heavy atom. The molecule has 0 aromatic carbocycles. The van der Waals surface area contributed by atoms with Gasteiger partial charge in [0.25, 0.3) is 10.1 Å². The van der Waals surface area contributed by atoms with Crippen LogP contribution in [0.4, 0.5) is 0 Å². The average molecular weight is 310 g/mol. The molecule has 1 N–H and O–H groups in total. The van der Waals surface area contributed by atoms with Gasteiger partial charge < -0.3 is 5.11 Å². The lowest BCUT2D eigenvalue weighted by Gasteiger charge is -2.23. The lowest BCUT2D eigenvalue weighted by atomic mass is 9.97. The minimum Gasteiger partial charge on any atom is -0.393 e. The zero-order chi connectivity index (χ0) is 14.3. The molecular formula is C13H26O4S2. The van der Waals surface area contributed by atoms with Crippen LogP contribution in [0.3, 0.4) is 0 Å². The quantitative estimate of drug-likeness (QED) is 0.608. The molecule has 0 unspecified atom stereocenters. The fraction of sp³-hybridized carbons (Fsp3) is 1.00. The molecule has 114 valence electrons. The molecule has 0 bridgehead atoms. The van der Waals surface area contributed by atoms with Gasteiger partial charge in [-0.05, 0) is 51.4 Å². The van der Waals surface area contributed by atoms with Crippen molar-refractivity contribution >= 4 is 22.7 Å². The van der Waals surface area contributed by atoms with Gasteiger partial charge in [-0.1, -0.05) is 6.42 Å². The SMILES string of the molecule is CS(=O)(=O)OC1CCC1.OC1CCC1.SC1CCC1. The second-order valence-electron chi connectivity index (χ2n) is 5.52. The van der Waals surface area contributed by atoms with Gasteiger partial charge in [0.15, 0.2) is 0 Å². The lowest BCUT2D eigenvalue weighted by molar-refractivity contribution is 0.0950. The van der Waals surface area contributed by atoms with Crippen LogP contribution in [0, 0.1) is 0 Å². The predicted octanol–water partition coefficient (Wildman–Crippen LogP) is 2.52. The van der Waals surface area contributed by atoms with Gasteiger partial charge in [-0.3, -0.25) is 4.18 Å². The first-order valence-corrected chi connectivity index (χ1v) is 9.44. The van der Waals surface area contributed by atoms with Crippen LogP contribution in [-0.2, 0) is 14.3 Å². The van der Waals surface area contributed by atoms with Crippen molar-refractivity contribution in [1.29, 1.82) is 0 Å². The maximum Gasteiger partial charge on any atom is 0.264 e. The highest BCUT2D eigenvalue weighted by Gasteiger charge is 2.21. The lowest BCUT2D eigenvalue weighted by Crippen LogP contribution is -2.24. The molecule has 3 rings (SSSR count). The molecule has 0 saturated heterocycles. The molecule has 0 aromatic rings. The van der Waals surface area contributed by atoms with Crippen molar-refractivity contribution in [1.82, 2.24) is 0 Å². The van der Waals surface area contributed by atoms with Gasteiger partial charge in [0, 0.05) is 5.25 Å². The van der Waals surface area contributed by atoms with Crippen LogP contribution in [0.5, 0.6) is 0 Å². The molecule has 19 heavy (non-hydrogen) atoms. The maximum atomic E-state index is 10.4. The Bertz CT molecular complexity index is 319. The van der Waals surface area contributed by atoms with E-state index in [1.54, 1.807) is 0 Å². The minimum atomic E-state index is -3.18. The fourth-order valence-electron chi connectivity index (χ4n) is 1.49. The molecule has 4 nitrogen and oxygen atoms in total.